The van der Waals surface area contributed by atoms with E-state index in [0.29, 0.717) is 13.1 Å². The molecule has 0 spiro atoms. The lowest BCUT2D eigenvalue weighted by Crippen LogP contribution is -2.20. The van der Waals surface area contributed by atoms with Gasteiger partial charge in [-0.05, 0) is 29.8 Å². The summed E-state index contributed by atoms with van der Waals surface area (Å²) in [5.41, 5.74) is 4.02. The molecule has 22 heavy (non-hydrogen) atoms. The van der Waals surface area contributed by atoms with Crippen LogP contribution in [0.1, 0.15) is 5.56 Å². The number of fused-ring (bicyclic) bond motifs is 1. The first kappa shape index (κ1) is 14.8. The highest BCUT2D eigenvalue weighted by atomic mass is 35.5. The number of nitrogens with one attached hydrogen (secondary N) is 1. The number of hydrogen-bond donors (Lipinski definition) is 2. The molecule has 0 amide bonds. The summed E-state index contributed by atoms with van der Waals surface area (Å²) in [5.74, 6) is 0.227. The Morgan fingerprint density at radius 1 is 1.14 bits per heavy atom. The number of benzene rings is 2. The van der Waals surface area contributed by atoms with Crippen LogP contribution in [0.25, 0.3) is 11.0 Å². The lowest BCUT2D eigenvalue weighted by molar-refractivity contribution is 0.211. The predicted molar refractivity (Wildman–Crippen MR) is 88.3 cm³/mol. The van der Waals surface area contributed by atoms with E-state index in [4.69, 9.17) is 11.6 Å². The van der Waals surface area contributed by atoms with Gasteiger partial charge in [0.1, 0.15) is 5.52 Å². The molecule has 2 N–H and O–H groups in total. The third-order valence-corrected chi connectivity index (χ3v) is 3.78. The number of alkyl halides is 1. The third-order valence-electron chi connectivity index (χ3n) is 3.43. The van der Waals surface area contributed by atoms with Crippen LogP contribution < -0.4 is 5.32 Å². The molecule has 6 heteroatoms. The van der Waals surface area contributed by atoms with Gasteiger partial charge >= 0.3 is 0 Å². The van der Waals surface area contributed by atoms with E-state index in [2.05, 4.69) is 15.6 Å². The van der Waals surface area contributed by atoms with Gasteiger partial charge in [0, 0.05) is 12.2 Å². The summed E-state index contributed by atoms with van der Waals surface area (Å²) in [6.07, 6.45) is -0.539. The molecule has 5 nitrogen and oxygen atoms in total. The van der Waals surface area contributed by atoms with Crippen molar-refractivity contribution in [3.05, 3.63) is 54.1 Å². The van der Waals surface area contributed by atoms with Crippen molar-refractivity contribution in [1.82, 2.24) is 15.0 Å². The molecular weight excluding hydrogens is 300 g/mol. The van der Waals surface area contributed by atoms with Gasteiger partial charge in [-0.3, -0.25) is 0 Å². The lowest BCUT2D eigenvalue weighted by Gasteiger charge is -2.10. The van der Waals surface area contributed by atoms with E-state index in [1.165, 1.54) is 0 Å². The maximum absolute atomic E-state index is 9.43. The van der Waals surface area contributed by atoms with Crippen molar-refractivity contribution in [3.63, 3.8) is 0 Å². The monoisotopic (exact) mass is 316 g/mol. The molecule has 2 aromatic carbocycles. The Labute approximate surface area is 133 Å². The number of aliphatic hydroxyl groups excluding tert-OH is 1. The van der Waals surface area contributed by atoms with Crippen molar-refractivity contribution in [1.29, 1.82) is 0 Å². The van der Waals surface area contributed by atoms with Crippen LogP contribution in [0.15, 0.2) is 48.5 Å². The molecule has 0 aliphatic rings. The minimum atomic E-state index is -0.539. The molecule has 0 fully saturated rings. The molecular formula is C16H17ClN4O. The predicted octanol–water partition coefficient (Wildman–Crippen LogP) is 2.49. The number of rotatable bonds is 6. The van der Waals surface area contributed by atoms with Crippen molar-refractivity contribution in [2.45, 2.75) is 12.6 Å². The van der Waals surface area contributed by atoms with E-state index < -0.39 is 6.10 Å². The normalized spacial score (nSPS) is 12.5. The third kappa shape index (κ3) is 3.37. The van der Waals surface area contributed by atoms with Crippen LogP contribution in [0.2, 0.25) is 0 Å². The van der Waals surface area contributed by atoms with E-state index in [1.54, 1.807) is 0 Å². The van der Waals surface area contributed by atoms with E-state index in [1.807, 2.05) is 53.2 Å². The number of halogens is 1. The van der Waals surface area contributed by atoms with Gasteiger partial charge in [0.25, 0.3) is 0 Å². The topological polar surface area (TPSA) is 63.0 Å². The van der Waals surface area contributed by atoms with Crippen LogP contribution in [0, 0.1) is 0 Å². The van der Waals surface area contributed by atoms with Crippen LogP contribution in [0.5, 0.6) is 0 Å². The zero-order chi connectivity index (χ0) is 15.4. The maximum atomic E-state index is 9.43. The molecule has 114 valence electrons. The molecule has 0 radical (unpaired) electrons. The Morgan fingerprint density at radius 3 is 2.68 bits per heavy atom. The second-order valence-corrected chi connectivity index (χ2v) is 5.43. The molecule has 1 unspecified atom stereocenters. The molecule has 0 aliphatic heterocycles. The Kier molecular flexibility index (Phi) is 4.56. The van der Waals surface area contributed by atoms with Crippen molar-refractivity contribution in [3.8, 4) is 0 Å². The number of hydrogen-bond acceptors (Lipinski definition) is 4. The van der Waals surface area contributed by atoms with Crippen LogP contribution in [0.4, 0.5) is 5.69 Å². The quantitative estimate of drug-likeness (QED) is 0.686. The van der Waals surface area contributed by atoms with Gasteiger partial charge in [0.05, 0.1) is 24.0 Å². The summed E-state index contributed by atoms with van der Waals surface area (Å²) in [5, 5.41) is 20.9. The number of aliphatic hydroxyl groups is 1. The molecule has 1 heterocycles. The minimum absolute atomic E-state index is 0.227. The highest BCUT2D eigenvalue weighted by molar-refractivity contribution is 6.18. The van der Waals surface area contributed by atoms with E-state index in [0.717, 1.165) is 22.3 Å². The molecule has 1 aromatic heterocycles. The number of anilines is 1. The highest BCUT2D eigenvalue weighted by Crippen LogP contribution is 2.14. The Balaban J connectivity index is 1.68. The number of nitrogens with zero attached hydrogens (tertiary/aromatic N) is 3. The molecule has 0 saturated carbocycles. The second kappa shape index (κ2) is 6.77. The zero-order valence-corrected chi connectivity index (χ0v) is 12.7. The van der Waals surface area contributed by atoms with Crippen LogP contribution >= 0.6 is 11.6 Å². The van der Waals surface area contributed by atoms with Gasteiger partial charge in [-0.2, -0.15) is 0 Å². The molecule has 0 bridgehead atoms. The van der Waals surface area contributed by atoms with Gasteiger partial charge in [-0.15, -0.1) is 16.7 Å². The van der Waals surface area contributed by atoms with E-state index in [9.17, 15) is 5.11 Å². The largest absolute Gasteiger partial charge is 0.390 e. The van der Waals surface area contributed by atoms with E-state index >= 15 is 0 Å². The summed E-state index contributed by atoms with van der Waals surface area (Å²) in [6, 6.07) is 15.9. The summed E-state index contributed by atoms with van der Waals surface area (Å²) >= 11 is 5.57. The standard InChI is InChI=1S/C16H17ClN4O/c17-9-14(22)10-18-13-7-5-12(6-8-13)11-21-16-4-2-1-3-15(16)19-20-21/h1-8,14,18,22H,9-11H2. The van der Waals surface area contributed by atoms with Crippen molar-refractivity contribution in [2.75, 3.05) is 17.7 Å². The Bertz CT molecular complexity index is 741. The highest BCUT2D eigenvalue weighted by Gasteiger charge is 2.05. The van der Waals surface area contributed by atoms with Gasteiger partial charge in [-0.1, -0.05) is 29.5 Å². The number of aromatic nitrogens is 3. The first-order chi connectivity index (χ1) is 10.8. The molecule has 1 atom stereocenters. The SMILES string of the molecule is OC(CCl)CNc1ccc(Cn2nnc3ccccc32)cc1. The summed E-state index contributed by atoms with van der Waals surface area (Å²) < 4.78 is 1.88. The Hall–Kier alpha value is -2.11. The summed E-state index contributed by atoms with van der Waals surface area (Å²) in [6.45, 7) is 1.11. The zero-order valence-electron chi connectivity index (χ0n) is 12.0. The van der Waals surface area contributed by atoms with Crippen LogP contribution in [0.3, 0.4) is 0 Å². The maximum Gasteiger partial charge on any atom is 0.113 e. The molecule has 3 aromatic rings. The fourth-order valence-electron chi connectivity index (χ4n) is 2.23. The summed E-state index contributed by atoms with van der Waals surface area (Å²) in [4.78, 5) is 0. The van der Waals surface area contributed by atoms with Crippen molar-refractivity contribution < 1.29 is 5.11 Å². The van der Waals surface area contributed by atoms with Gasteiger partial charge in [-0.25, -0.2) is 4.68 Å². The fraction of sp³-hybridized carbons (Fsp3) is 0.250. The molecule has 0 saturated heterocycles. The van der Waals surface area contributed by atoms with Crippen LogP contribution in [-0.4, -0.2) is 38.6 Å². The van der Waals surface area contributed by atoms with Gasteiger partial charge < -0.3 is 10.4 Å². The molecule has 3 rings (SSSR count). The minimum Gasteiger partial charge on any atom is -0.390 e. The fourth-order valence-corrected chi connectivity index (χ4v) is 2.33. The first-order valence-corrected chi connectivity index (χ1v) is 7.65. The second-order valence-electron chi connectivity index (χ2n) is 5.12. The van der Waals surface area contributed by atoms with Crippen LogP contribution in [-0.2, 0) is 6.54 Å². The number of para-hydroxylation sites is 1. The Morgan fingerprint density at radius 2 is 1.91 bits per heavy atom. The lowest BCUT2D eigenvalue weighted by atomic mass is 10.2. The summed E-state index contributed by atoms with van der Waals surface area (Å²) in [7, 11) is 0. The van der Waals surface area contributed by atoms with Crippen molar-refractivity contribution in [2.24, 2.45) is 0 Å². The van der Waals surface area contributed by atoms with Gasteiger partial charge in [0.15, 0.2) is 0 Å². The van der Waals surface area contributed by atoms with Crippen molar-refractivity contribution >= 4 is 28.3 Å². The smallest absolute Gasteiger partial charge is 0.113 e. The average molecular weight is 317 g/mol. The average Bonchev–Trinajstić information content (AvgIpc) is 2.97. The van der Waals surface area contributed by atoms with Gasteiger partial charge in [0.2, 0.25) is 0 Å². The first-order valence-electron chi connectivity index (χ1n) is 7.11. The van der Waals surface area contributed by atoms with E-state index in [-0.39, 0.29) is 5.88 Å². The molecule has 0 aliphatic carbocycles.